The maximum absolute atomic E-state index is 12.7. The summed E-state index contributed by atoms with van der Waals surface area (Å²) in [6.07, 6.45) is 2.43. The summed E-state index contributed by atoms with van der Waals surface area (Å²) in [5.74, 6) is 0.200. The lowest BCUT2D eigenvalue weighted by molar-refractivity contribution is -0.180. The number of amides is 2. The van der Waals surface area contributed by atoms with Crippen LogP contribution < -0.4 is 5.32 Å². The Balaban J connectivity index is 1.35. The van der Waals surface area contributed by atoms with E-state index in [2.05, 4.69) is 10.2 Å². The van der Waals surface area contributed by atoms with E-state index in [4.69, 9.17) is 9.15 Å². The van der Waals surface area contributed by atoms with Gasteiger partial charge in [-0.05, 0) is 43.5 Å². The molecule has 4 rings (SSSR count). The molecule has 2 aromatic heterocycles. The predicted octanol–water partition coefficient (Wildman–Crippen LogP) is 1.96. The molecule has 0 saturated carbocycles. The van der Waals surface area contributed by atoms with Crippen LogP contribution in [0.25, 0.3) is 0 Å². The Kier molecular flexibility index (Phi) is 5.52. The minimum atomic E-state index is -0.494. The maximum Gasteiger partial charge on any atom is 0.289 e. The van der Waals surface area contributed by atoms with Crippen molar-refractivity contribution >= 4 is 23.2 Å². The molecule has 1 unspecified atom stereocenters. The van der Waals surface area contributed by atoms with Crippen LogP contribution in [0.5, 0.6) is 0 Å². The zero-order chi connectivity index (χ0) is 19.6. The number of morpholine rings is 1. The highest BCUT2D eigenvalue weighted by molar-refractivity contribution is 7.09. The lowest BCUT2D eigenvalue weighted by Gasteiger charge is -2.48. The number of nitrogens with zero attached hydrogens (tertiary/aromatic N) is 2. The number of thiophene rings is 1. The SMILES string of the molecule is CN1CC(C(=O)NCc2cccs2)OC2(CCN(C(=O)c3ccco3)CC2)C1. The molecule has 150 valence electrons. The maximum atomic E-state index is 12.7. The number of carbonyl (C=O) groups excluding carboxylic acids is 2. The minimum absolute atomic E-state index is 0.0755. The largest absolute Gasteiger partial charge is 0.459 e. The number of likely N-dealkylation sites (tertiary alicyclic amines) is 1. The smallest absolute Gasteiger partial charge is 0.289 e. The second kappa shape index (κ2) is 8.06. The van der Waals surface area contributed by atoms with Gasteiger partial charge in [0.25, 0.3) is 11.8 Å². The number of likely N-dealkylation sites (N-methyl/N-ethyl adjacent to an activating group) is 1. The number of carbonyl (C=O) groups is 2. The van der Waals surface area contributed by atoms with Gasteiger partial charge in [0.15, 0.2) is 5.76 Å². The number of hydrogen-bond acceptors (Lipinski definition) is 6. The Labute approximate surface area is 168 Å². The normalized spacial score (nSPS) is 22.3. The van der Waals surface area contributed by atoms with E-state index >= 15 is 0 Å². The highest BCUT2D eigenvalue weighted by Crippen LogP contribution is 2.32. The van der Waals surface area contributed by atoms with E-state index in [1.807, 2.05) is 24.6 Å². The van der Waals surface area contributed by atoms with Crippen LogP contribution >= 0.6 is 11.3 Å². The van der Waals surface area contributed by atoms with Crippen LogP contribution in [0.1, 0.15) is 28.3 Å². The van der Waals surface area contributed by atoms with Crippen LogP contribution in [0.4, 0.5) is 0 Å². The van der Waals surface area contributed by atoms with Gasteiger partial charge < -0.3 is 24.3 Å². The van der Waals surface area contributed by atoms with Crippen molar-refractivity contribution in [2.45, 2.75) is 31.1 Å². The van der Waals surface area contributed by atoms with Gasteiger partial charge in [0.1, 0.15) is 6.10 Å². The van der Waals surface area contributed by atoms with Gasteiger partial charge in [0, 0.05) is 31.1 Å². The Morgan fingerprint density at radius 2 is 2.11 bits per heavy atom. The Morgan fingerprint density at radius 3 is 2.79 bits per heavy atom. The first-order valence-corrected chi connectivity index (χ1v) is 10.4. The van der Waals surface area contributed by atoms with Crippen LogP contribution in [0, 0.1) is 0 Å². The van der Waals surface area contributed by atoms with Gasteiger partial charge >= 0.3 is 0 Å². The van der Waals surface area contributed by atoms with Gasteiger partial charge in [-0.3, -0.25) is 9.59 Å². The minimum Gasteiger partial charge on any atom is -0.459 e. The van der Waals surface area contributed by atoms with E-state index in [9.17, 15) is 9.59 Å². The lowest BCUT2D eigenvalue weighted by Crippen LogP contribution is -2.61. The highest BCUT2D eigenvalue weighted by atomic mass is 32.1. The molecule has 2 aromatic rings. The second-order valence-corrected chi connectivity index (χ2v) is 8.59. The van der Waals surface area contributed by atoms with Crippen LogP contribution in [0.15, 0.2) is 40.3 Å². The van der Waals surface area contributed by atoms with Crippen LogP contribution in [0.3, 0.4) is 0 Å². The van der Waals surface area contributed by atoms with E-state index in [1.165, 1.54) is 6.26 Å². The van der Waals surface area contributed by atoms with E-state index in [0.717, 1.165) is 11.4 Å². The summed E-state index contributed by atoms with van der Waals surface area (Å²) in [6, 6.07) is 7.39. The Morgan fingerprint density at radius 1 is 1.29 bits per heavy atom. The molecule has 2 saturated heterocycles. The summed E-state index contributed by atoms with van der Waals surface area (Å²) in [7, 11) is 2.02. The molecule has 4 heterocycles. The highest BCUT2D eigenvalue weighted by Gasteiger charge is 2.44. The van der Waals surface area contributed by atoms with E-state index < -0.39 is 11.7 Å². The van der Waals surface area contributed by atoms with Crippen molar-refractivity contribution < 1.29 is 18.7 Å². The van der Waals surface area contributed by atoms with Gasteiger partial charge in [0.2, 0.25) is 0 Å². The van der Waals surface area contributed by atoms with Crippen molar-refractivity contribution in [3.05, 3.63) is 46.5 Å². The average molecular weight is 404 g/mol. The Hall–Kier alpha value is -2.16. The molecular weight excluding hydrogens is 378 g/mol. The molecule has 8 heteroatoms. The number of furan rings is 1. The van der Waals surface area contributed by atoms with Crippen molar-refractivity contribution in [1.82, 2.24) is 15.1 Å². The molecule has 0 radical (unpaired) electrons. The molecule has 1 atom stereocenters. The fourth-order valence-corrected chi connectivity index (χ4v) is 4.65. The van der Waals surface area contributed by atoms with Crippen molar-refractivity contribution in [1.29, 1.82) is 0 Å². The number of ether oxygens (including phenoxy) is 1. The van der Waals surface area contributed by atoms with Gasteiger partial charge in [-0.1, -0.05) is 6.07 Å². The zero-order valence-corrected chi connectivity index (χ0v) is 16.7. The summed E-state index contributed by atoms with van der Waals surface area (Å²) in [5, 5.41) is 4.98. The molecule has 7 nitrogen and oxygen atoms in total. The zero-order valence-electron chi connectivity index (χ0n) is 15.9. The second-order valence-electron chi connectivity index (χ2n) is 7.55. The Bertz CT molecular complexity index is 798. The third-order valence-electron chi connectivity index (χ3n) is 5.43. The molecule has 2 aliphatic heterocycles. The molecule has 2 fully saturated rings. The van der Waals surface area contributed by atoms with Crippen LogP contribution in [-0.2, 0) is 16.1 Å². The van der Waals surface area contributed by atoms with E-state index in [0.29, 0.717) is 44.8 Å². The van der Waals surface area contributed by atoms with Gasteiger partial charge in [-0.2, -0.15) is 0 Å². The van der Waals surface area contributed by atoms with Crippen LogP contribution in [-0.4, -0.2) is 66.5 Å². The molecule has 2 aliphatic rings. The fraction of sp³-hybridized carbons (Fsp3) is 0.500. The summed E-state index contributed by atoms with van der Waals surface area (Å²) < 4.78 is 11.5. The van der Waals surface area contributed by atoms with Crippen molar-refractivity contribution in [2.75, 3.05) is 33.2 Å². The number of hydrogen-bond donors (Lipinski definition) is 1. The van der Waals surface area contributed by atoms with E-state index in [-0.39, 0.29) is 11.8 Å². The lowest BCUT2D eigenvalue weighted by atomic mass is 9.88. The standard InChI is InChI=1S/C20H25N3O4S/c1-22-13-17(18(24)21-12-15-4-3-11-28-15)27-20(14-22)6-8-23(9-7-20)19(25)16-5-2-10-26-16/h2-5,10-11,17H,6-9,12-14H2,1H3,(H,21,24). The van der Waals surface area contributed by atoms with Gasteiger partial charge in [-0.25, -0.2) is 0 Å². The summed E-state index contributed by atoms with van der Waals surface area (Å²) in [4.78, 5) is 30.2. The summed E-state index contributed by atoms with van der Waals surface area (Å²) in [6.45, 7) is 3.06. The van der Waals surface area contributed by atoms with Crippen molar-refractivity contribution in [3.8, 4) is 0 Å². The van der Waals surface area contributed by atoms with E-state index in [1.54, 1.807) is 28.4 Å². The van der Waals surface area contributed by atoms with Gasteiger partial charge in [0.05, 0.1) is 18.4 Å². The molecule has 0 aromatic carbocycles. The van der Waals surface area contributed by atoms with Gasteiger partial charge in [-0.15, -0.1) is 11.3 Å². The first-order valence-electron chi connectivity index (χ1n) is 9.54. The molecule has 0 aliphatic carbocycles. The molecule has 2 amide bonds. The van der Waals surface area contributed by atoms with Crippen molar-refractivity contribution in [2.24, 2.45) is 0 Å². The molecular formula is C20H25N3O4S. The number of rotatable bonds is 4. The summed E-state index contributed by atoms with van der Waals surface area (Å²) in [5.41, 5.74) is -0.391. The molecule has 1 spiro atoms. The summed E-state index contributed by atoms with van der Waals surface area (Å²) >= 11 is 1.62. The fourth-order valence-electron chi connectivity index (χ4n) is 4.00. The third kappa shape index (κ3) is 4.14. The topological polar surface area (TPSA) is 75.0 Å². The van der Waals surface area contributed by atoms with Crippen LogP contribution in [0.2, 0.25) is 0 Å². The molecule has 0 bridgehead atoms. The number of piperidine rings is 1. The quantitative estimate of drug-likeness (QED) is 0.845. The first kappa shape index (κ1) is 19.2. The molecule has 28 heavy (non-hydrogen) atoms. The first-order chi connectivity index (χ1) is 13.5. The predicted molar refractivity (Wildman–Crippen MR) is 105 cm³/mol. The monoisotopic (exact) mass is 403 g/mol. The molecule has 1 N–H and O–H groups in total. The average Bonchev–Trinajstić information content (AvgIpc) is 3.39. The third-order valence-corrected chi connectivity index (χ3v) is 6.31. The number of nitrogens with one attached hydrogen (secondary N) is 1. The van der Waals surface area contributed by atoms with Crippen molar-refractivity contribution in [3.63, 3.8) is 0 Å².